The molecule has 0 fully saturated rings. The van der Waals surface area contributed by atoms with Crippen molar-refractivity contribution in [1.82, 2.24) is 4.98 Å². The molecule has 0 atom stereocenters. The fraction of sp³-hybridized carbons (Fsp3) is 0.356. The molecule has 6 aromatic rings. The van der Waals surface area contributed by atoms with Crippen LogP contribution in [0.5, 0.6) is 0 Å². The maximum absolute atomic E-state index is 5.75. The summed E-state index contributed by atoms with van der Waals surface area (Å²) < 4.78 is 0. The van der Waals surface area contributed by atoms with E-state index < -0.39 is 0 Å². The van der Waals surface area contributed by atoms with E-state index in [1.165, 1.54) is 16.7 Å². The number of allylic oxidation sites excluding steroid dienone is 2. The fourth-order valence-electron chi connectivity index (χ4n) is 5.12. The number of aromatic nitrogens is 1. The van der Waals surface area contributed by atoms with Crippen LogP contribution in [-0.4, -0.2) is 4.98 Å². The molecule has 0 aliphatic heterocycles. The average Bonchev–Trinajstić information content (AvgIpc) is 3.33. The van der Waals surface area contributed by atoms with Gasteiger partial charge in [0.25, 0.3) is 0 Å². The molecule has 394 valence electrons. The Morgan fingerprint density at radius 2 is 0.827 bits per heavy atom. The molecule has 0 radical (unpaired) electrons. The van der Waals surface area contributed by atoms with Gasteiger partial charge in [-0.15, -0.1) is 0 Å². The van der Waals surface area contributed by atoms with E-state index in [1.54, 1.807) is 6.20 Å². The van der Waals surface area contributed by atoms with Gasteiger partial charge < -0.3 is 0 Å². The maximum atomic E-state index is 5.75. The second-order valence-corrected chi connectivity index (χ2v) is 25.0. The van der Waals surface area contributed by atoms with Gasteiger partial charge in [0.15, 0.2) is 0 Å². The van der Waals surface area contributed by atoms with Gasteiger partial charge in [-0.3, -0.25) is 0 Å². The van der Waals surface area contributed by atoms with Gasteiger partial charge in [0.05, 0.1) is 0 Å². The highest BCUT2D eigenvalue weighted by Crippen LogP contribution is 2.26. The Hall–Kier alpha value is -6.74. The van der Waals surface area contributed by atoms with Gasteiger partial charge in [0, 0.05) is 50.6 Å². The van der Waals surface area contributed by atoms with Gasteiger partial charge in [-0.1, -0.05) is 242 Å². The lowest BCUT2D eigenvalue weighted by Gasteiger charge is -2.19. The fourth-order valence-corrected chi connectivity index (χ4v) is 5.25. The van der Waals surface area contributed by atoms with Crippen LogP contribution < -0.4 is 0 Å². The van der Waals surface area contributed by atoms with E-state index in [4.69, 9.17) is 11.6 Å². The molecule has 1 nitrogen and oxygen atoms in total. The smallest absolute Gasteiger partial charge is 0.113 e. The lowest BCUT2D eigenvalue weighted by molar-refractivity contribution is 0.428. The second kappa shape index (κ2) is 33.2. The summed E-state index contributed by atoms with van der Waals surface area (Å²) >= 11 is 5.75. The minimum Gasteiger partial charge on any atom is -0.248 e. The maximum Gasteiger partial charge on any atom is 0.113 e. The van der Waals surface area contributed by atoms with Crippen LogP contribution in [0.1, 0.15) is 171 Å². The van der Waals surface area contributed by atoms with Crippen molar-refractivity contribution in [2.45, 2.75) is 138 Å². The van der Waals surface area contributed by atoms with Crippen molar-refractivity contribution in [3.05, 3.63) is 220 Å². The molecule has 6 rings (SSSR count). The Morgan fingerprint density at radius 1 is 0.440 bits per heavy atom. The average molecular weight is 1020 g/mol. The van der Waals surface area contributed by atoms with Gasteiger partial charge in [0.1, 0.15) is 5.69 Å². The minimum absolute atomic E-state index is 0.0531. The highest BCUT2D eigenvalue weighted by atomic mass is 35.5. The highest BCUT2D eigenvalue weighted by Gasteiger charge is 2.12. The SMILES string of the molecule is C/C(=C\c1ccccc1)C(C)(C)C.CC(C)(C)/C=C/c1ccccc1.CC(C)(C)C#Cc1ccc(Cl)cc1.CC(C)(C)C#Cc1ccccc1.CC(C)(C)C#Cc1ccccn1.CC(C)(C)CC#Cc1ccccc1. The van der Waals surface area contributed by atoms with E-state index in [0.717, 1.165) is 33.8 Å². The predicted molar refractivity (Wildman–Crippen MR) is 333 cm³/mol. The molecule has 0 bridgehead atoms. The third-order valence-corrected chi connectivity index (χ3v) is 9.83. The van der Waals surface area contributed by atoms with E-state index in [-0.39, 0.29) is 27.1 Å². The number of hydrogen-bond acceptors (Lipinski definition) is 1. The summed E-state index contributed by atoms with van der Waals surface area (Å²) in [5.41, 5.74) is 9.08. The van der Waals surface area contributed by atoms with E-state index in [9.17, 15) is 0 Å². The molecule has 5 aromatic carbocycles. The molecule has 0 aliphatic rings. The molecule has 0 unspecified atom stereocenters. The minimum atomic E-state index is 0.0531. The van der Waals surface area contributed by atoms with Gasteiger partial charge in [-0.25, -0.2) is 4.98 Å². The van der Waals surface area contributed by atoms with Gasteiger partial charge >= 0.3 is 0 Å². The van der Waals surface area contributed by atoms with Crippen molar-refractivity contribution in [3.63, 3.8) is 0 Å². The lowest BCUT2D eigenvalue weighted by Crippen LogP contribution is -2.05. The number of halogens is 1. The Morgan fingerprint density at radius 3 is 1.21 bits per heavy atom. The predicted octanol–water partition coefficient (Wildman–Crippen LogP) is 20.7. The summed E-state index contributed by atoms with van der Waals surface area (Å²) in [6, 6.07) is 54.3. The van der Waals surface area contributed by atoms with Crippen LogP contribution in [0.4, 0.5) is 0 Å². The molecule has 0 spiro atoms. The molecule has 0 aliphatic carbocycles. The van der Waals surface area contributed by atoms with Gasteiger partial charge in [-0.2, -0.15) is 0 Å². The van der Waals surface area contributed by atoms with Crippen molar-refractivity contribution in [1.29, 1.82) is 0 Å². The molecule has 2 heteroatoms. The van der Waals surface area contributed by atoms with E-state index in [2.05, 4.69) is 251 Å². The van der Waals surface area contributed by atoms with Gasteiger partial charge in [0.2, 0.25) is 0 Å². The Labute approximate surface area is 464 Å². The summed E-state index contributed by atoms with van der Waals surface area (Å²) in [6.07, 6.45) is 9.34. The Balaban J connectivity index is 0.000000450. The molecule has 0 saturated heterocycles. The van der Waals surface area contributed by atoms with E-state index in [1.807, 2.05) is 115 Å². The highest BCUT2D eigenvalue weighted by molar-refractivity contribution is 6.30. The van der Waals surface area contributed by atoms with Crippen LogP contribution in [0.15, 0.2) is 182 Å². The Kier molecular flexibility index (Phi) is 29.4. The first kappa shape index (κ1) is 66.3. The van der Waals surface area contributed by atoms with Gasteiger partial charge in [-0.05, 0) is 163 Å². The molecule has 0 saturated carbocycles. The van der Waals surface area contributed by atoms with Crippen LogP contribution >= 0.6 is 11.6 Å². The number of nitrogens with zero attached hydrogens (tertiary/aromatic N) is 1. The van der Waals surface area contributed by atoms with Crippen molar-refractivity contribution in [3.8, 4) is 47.4 Å². The molecule has 0 N–H and O–H groups in total. The van der Waals surface area contributed by atoms with Crippen LogP contribution in [0.2, 0.25) is 5.02 Å². The van der Waals surface area contributed by atoms with Crippen LogP contribution in [0, 0.1) is 79.9 Å². The number of hydrogen-bond donors (Lipinski definition) is 0. The number of rotatable bonds is 2. The van der Waals surface area contributed by atoms with E-state index >= 15 is 0 Å². The third kappa shape index (κ3) is 40.3. The van der Waals surface area contributed by atoms with Crippen molar-refractivity contribution in [2.24, 2.45) is 32.5 Å². The van der Waals surface area contributed by atoms with Crippen molar-refractivity contribution in [2.75, 3.05) is 0 Å². The topological polar surface area (TPSA) is 12.9 Å². The molecule has 0 amide bonds. The molecule has 1 aromatic heterocycles. The largest absolute Gasteiger partial charge is 0.248 e. The zero-order chi connectivity index (χ0) is 56.6. The zero-order valence-corrected chi connectivity index (χ0v) is 50.2. The molecular weight excluding hydrogens is 926 g/mol. The standard InChI is InChI=1S/C13H18.C13H16.C12H13Cl.C12H16.C12H14.C11H13N/c1-11(13(2,3)4)10-12-8-6-5-7-9-12;1-13(2,3)11-7-10-12-8-5-4-6-9-12;1-12(2,3)9-8-10-4-6-11(13)7-5-10;2*1-12(2,3)10-9-11-7-5-4-6-8-11;1-11(2,3)8-7-10-6-4-5-9-12-10/h5-10H,1-4H3;4-6,8-9H,11H2,1-3H3;4-7H,1-3H3;4-10H,1-3H3;4-8H,1-3H3;4-6,9H,1-3H3/b11-10+;;;10-9+;;. The van der Waals surface area contributed by atoms with Crippen LogP contribution in [0.25, 0.3) is 12.2 Å². The molecular formula is C73H90ClN. The third-order valence-electron chi connectivity index (χ3n) is 9.58. The zero-order valence-electron chi connectivity index (χ0n) is 49.4. The monoisotopic (exact) mass is 1020 g/mol. The lowest BCUT2D eigenvalue weighted by atomic mass is 9.86. The first-order valence-electron chi connectivity index (χ1n) is 26.1. The molecule has 1 heterocycles. The van der Waals surface area contributed by atoms with E-state index in [0.29, 0.717) is 5.41 Å². The van der Waals surface area contributed by atoms with Crippen LogP contribution in [-0.2, 0) is 0 Å². The number of benzene rings is 5. The first-order valence-corrected chi connectivity index (χ1v) is 26.5. The number of pyridine rings is 1. The quantitative estimate of drug-likeness (QED) is 0.158. The first-order chi connectivity index (χ1) is 34.8. The summed E-state index contributed by atoms with van der Waals surface area (Å²) in [5.74, 6) is 25.1. The normalized spacial score (nSPS) is 11.1. The summed E-state index contributed by atoms with van der Waals surface area (Å²) in [6.45, 7) is 41.0. The van der Waals surface area contributed by atoms with Crippen molar-refractivity contribution < 1.29 is 0 Å². The second-order valence-electron chi connectivity index (χ2n) is 24.6. The summed E-state index contributed by atoms with van der Waals surface area (Å²) in [4.78, 5) is 4.11. The molecule has 75 heavy (non-hydrogen) atoms. The Bertz CT molecular complexity index is 2730. The van der Waals surface area contributed by atoms with Crippen LogP contribution in [0.3, 0.4) is 0 Å². The summed E-state index contributed by atoms with van der Waals surface area (Å²) in [7, 11) is 0. The summed E-state index contributed by atoms with van der Waals surface area (Å²) in [5, 5.41) is 0.751. The van der Waals surface area contributed by atoms with Crippen molar-refractivity contribution >= 4 is 23.8 Å².